The standard InChI is InChI=1S/C21H20N6/c1-14(2)16-9-3-4-10-17(16)25-21-26-19(13-23-27-21)24-18-11-5-7-15-8-6-12-22-20(15)18/h3-14H,1-2H3,(H2,24,25,26,27). The van der Waals surface area contributed by atoms with Gasteiger partial charge in [0.1, 0.15) is 0 Å². The lowest BCUT2D eigenvalue weighted by molar-refractivity contribution is 0.867. The van der Waals surface area contributed by atoms with E-state index < -0.39 is 0 Å². The van der Waals surface area contributed by atoms with Crippen LogP contribution in [0.1, 0.15) is 25.3 Å². The molecule has 2 heterocycles. The molecule has 0 amide bonds. The van der Waals surface area contributed by atoms with Gasteiger partial charge in [-0.25, -0.2) is 0 Å². The van der Waals surface area contributed by atoms with Crippen molar-refractivity contribution in [3.05, 3.63) is 72.6 Å². The van der Waals surface area contributed by atoms with E-state index in [0.717, 1.165) is 22.3 Å². The molecule has 2 aromatic heterocycles. The van der Waals surface area contributed by atoms with Gasteiger partial charge in [-0.05, 0) is 29.7 Å². The van der Waals surface area contributed by atoms with Gasteiger partial charge < -0.3 is 10.6 Å². The van der Waals surface area contributed by atoms with Crippen LogP contribution in [0.5, 0.6) is 0 Å². The molecule has 4 aromatic rings. The highest BCUT2D eigenvalue weighted by molar-refractivity contribution is 5.91. The summed E-state index contributed by atoms with van der Waals surface area (Å²) in [6.45, 7) is 4.32. The molecular weight excluding hydrogens is 336 g/mol. The fraction of sp³-hybridized carbons (Fsp3) is 0.143. The van der Waals surface area contributed by atoms with E-state index in [0.29, 0.717) is 17.7 Å². The molecule has 0 saturated heterocycles. The van der Waals surface area contributed by atoms with Crippen LogP contribution in [0.25, 0.3) is 10.9 Å². The zero-order valence-corrected chi connectivity index (χ0v) is 15.2. The largest absolute Gasteiger partial charge is 0.337 e. The highest BCUT2D eigenvalue weighted by atomic mass is 15.3. The van der Waals surface area contributed by atoms with Gasteiger partial charge in [0.15, 0.2) is 5.82 Å². The Kier molecular flexibility index (Phi) is 4.61. The van der Waals surface area contributed by atoms with Crippen molar-refractivity contribution in [3.63, 3.8) is 0 Å². The number of hydrogen-bond donors (Lipinski definition) is 2. The van der Waals surface area contributed by atoms with Crippen molar-refractivity contribution in [3.8, 4) is 0 Å². The lowest BCUT2D eigenvalue weighted by Crippen LogP contribution is -2.04. The van der Waals surface area contributed by atoms with Gasteiger partial charge in [0.2, 0.25) is 5.95 Å². The number of anilines is 4. The lowest BCUT2D eigenvalue weighted by Gasteiger charge is -2.14. The molecule has 6 heteroatoms. The van der Waals surface area contributed by atoms with Gasteiger partial charge in [0.25, 0.3) is 0 Å². The van der Waals surface area contributed by atoms with Gasteiger partial charge in [0, 0.05) is 17.3 Å². The third-order valence-electron chi connectivity index (χ3n) is 4.28. The fourth-order valence-corrected chi connectivity index (χ4v) is 2.99. The Labute approximate surface area is 157 Å². The quantitative estimate of drug-likeness (QED) is 0.522. The Morgan fingerprint density at radius 3 is 2.56 bits per heavy atom. The SMILES string of the molecule is CC(C)c1ccccc1Nc1nncc(Nc2cccc3cccnc23)n1. The monoisotopic (exact) mass is 356 g/mol. The van der Waals surface area contributed by atoms with Crippen molar-refractivity contribution in [2.24, 2.45) is 0 Å². The molecule has 27 heavy (non-hydrogen) atoms. The maximum absolute atomic E-state index is 4.55. The zero-order chi connectivity index (χ0) is 18.6. The third-order valence-corrected chi connectivity index (χ3v) is 4.28. The second-order valence-electron chi connectivity index (χ2n) is 6.54. The maximum atomic E-state index is 4.55. The molecule has 0 unspecified atom stereocenters. The number of hydrogen-bond acceptors (Lipinski definition) is 6. The number of nitrogens with zero attached hydrogens (tertiary/aromatic N) is 4. The molecule has 4 rings (SSSR count). The van der Waals surface area contributed by atoms with E-state index in [-0.39, 0.29) is 0 Å². The average Bonchev–Trinajstić information content (AvgIpc) is 2.69. The average molecular weight is 356 g/mol. The molecule has 0 aliphatic rings. The normalized spacial score (nSPS) is 10.9. The first-order chi connectivity index (χ1) is 13.2. The Morgan fingerprint density at radius 2 is 1.67 bits per heavy atom. The first-order valence-corrected chi connectivity index (χ1v) is 8.87. The number of fused-ring (bicyclic) bond motifs is 1. The van der Waals surface area contributed by atoms with Gasteiger partial charge in [-0.15, -0.1) is 5.10 Å². The fourth-order valence-electron chi connectivity index (χ4n) is 2.99. The van der Waals surface area contributed by atoms with Crippen molar-refractivity contribution < 1.29 is 0 Å². The third kappa shape index (κ3) is 3.69. The van der Waals surface area contributed by atoms with Gasteiger partial charge in [-0.3, -0.25) is 4.98 Å². The van der Waals surface area contributed by atoms with E-state index >= 15 is 0 Å². The first-order valence-electron chi connectivity index (χ1n) is 8.87. The van der Waals surface area contributed by atoms with Gasteiger partial charge in [-0.2, -0.15) is 10.1 Å². The number of rotatable bonds is 5. The summed E-state index contributed by atoms with van der Waals surface area (Å²) in [5.41, 5.74) is 3.95. The molecule has 0 fully saturated rings. The van der Waals surface area contributed by atoms with E-state index in [2.05, 4.69) is 50.7 Å². The van der Waals surface area contributed by atoms with Crippen molar-refractivity contribution in [1.82, 2.24) is 20.2 Å². The summed E-state index contributed by atoms with van der Waals surface area (Å²) in [4.78, 5) is 9.00. The summed E-state index contributed by atoms with van der Waals surface area (Å²) in [6, 6.07) is 18.1. The Hall–Kier alpha value is -3.54. The molecule has 0 radical (unpaired) electrons. The molecule has 0 bridgehead atoms. The molecular formula is C21H20N6. The van der Waals surface area contributed by atoms with Gasteiger partial charge >= 0.3 is 0 Å². The van der Waals surface area contributed by atoms with Gasteiger partial charge in [-0.1, -0.05) is 50.2 Å². The minimum Gasteiger partial charge on any atom is -0.337 e. The predicted octanol–water partition coefficient (Wildman–Crippen LogP) is 5.03. The first kappa shape index (κ1) is 16.9. The minimum absolute atomic E-state index is 0.393. The molecule has 0 aliphatic heterocycles. The van der Waals surface area contributed by atoms with E-state index in [4.69, 9.17) is 0 Å². The topological polar surface area (TPSA) is 75.6 Å². The predicted molar refractivity (Wildman–Crippen MR) is 109 cm³/mol. The van der Waals surface area contributed by atoms with E-state index in [1.807, 2.05) is 48.5 Å². The Balaban J connectivity index is 1.62. The second-order valence-corrected chi connectivity index (χ2v) is 6.54. The molecule has 6 nitrogen and oxygen atoms in total. The second kappa shape index (κ2) is 7.37. The number of nitrogens with one attached hydrogen (secondary N) is 2. The van der Waals surface area contributed by atoms with Crippen LogP contribution in [-0.2, 0) is 0 Å². The van der Waals surface area contributed by atoms with Crippen LogP contribution >= 0.6 is 0 Å². The number of para-hydroxylation sites is 2. The van der Waals surface area contributed by atoms with Crippen LogP contribution < -0.4 is 10.6 Å². The Bertz CT molecular complexity index is 1070. The van der Waals surface area contributed by atoms with Crippen LogP contribution in [0.4, 0.5) is 23.1 Å². The van der Waals surface area contributed by atoms with Crippen molar-refractivity contribution >= 4 is 34.0 Å². The summed E-state index contributed by atoms with van der Waals surface area (Å²) in [5, 5.41) is 15.8. The zero-order valence-electron chi connectivity index (χ0n) is 15.2. The molecule has 0 saturated carbocycles. The van der Waals surface area contributed by atoms with Crippen LogP contribution in [-0.4, -0.2) is 20.2 Å². The smallest absolute Gasteiger partial charge is 0.249 e. The molecule has 0 spiro atoms. The van der Waals surface area contributed by atoms with Crippen LogP contribution in [0.2, 0.25) is 0 Å². The van der Waals surface area contributed by atoms with Crippen LogP contribution in [0, 0.1) is 0 Å². The molecule has 0 aliphatic carbocycles. The van der Waals surface area contributed by atoms with Crippen molar-refractivity contribution in [2.75, 3.05) is 10.6 Å². The van der Waals surface area contributed by atoms with Crippen LogP contribution in [0.15, 0.2) is 67.0 Å². The number of pyridine rings is 1. The number of benzene rings is 2. The number of aromatic nitrogens is 4. The molecule has 2 aromatic carbocycles. The summed E-state index contributed by atoms with van der Waals surface area (Å²) in [7, 11) is 0. The van der Waals surface area contributed by atoms with Crippen LogP contribution in [0.3, 0.4) is 0 Å². The highest BCUT2D eigenvalue weighted by Crippen LogP contribution is 2.27. The highest BCUT2D eigenvalue weighted by Gasteiger charge is 2.09. The van der Waals surface area contributed by atoms with E-state index in [1.54, 1.807) is 12.4 Å². The van der Waals surface area contributed by atoms with E-state index in [1.165, 1.54) is 5.56 Å². The van der Waals surface area contributed by atoms with Crippen molar-refractivity contribution in [1.29, 1.82) is 0 Å². The molecule has 0 atom stereocenters. The summed E-state index contributed by atoms with van der Waals surface area (Å²) >= 11 is 0. The minimum atomic E-state index is 0.393. The molecule has 2 N–H and O–H groups in total. The summed E-state index contributed by atoms with van der Waals surface area (Å²) < 4.78 is 0. The Morgan fingerprint density at radius 1 is 0.852 bits per heavy atom. The summed E-state index contributed by atoms with van der Waals surface area (Å²) in [5.74, 6) is 1.44. The van der Waals surface area contributed by atoms with Crippen molar-refractivity contribution in [2.45, 2.75) is 19.8 Å². The van der Waals surface area contributed by atoms with E-state index in [9.17, 15) is 0 Å². The molecule has 134 valence electrons. The van der Waals surface area contributed by atoms with Gasteiger partial charge in [0.05, 0.1) is 17.4 Å². The summed E-state index contributed by atoms with van der Waals surface area (Å²) in [6.07, 6.45) is 3.38. The maximum Gasteiger partial charge on any atom is 0.249 e. The lowest BCUT2D eigenvalue weighted by atomic mass is 10.0.